The number of aromatic nitrogens is 2. The first-order valence-corrected chi connectivity index (χ1v) is 12.6. The van der Waals surface area contributed by atoms with Gasteiger partial charge in [0.25, 0.3) is 5.56 Å². The number of hydrogen-bond acceptors (Lipinski definition) is 5. The lowest BCUT2D eigenvalue weighted by Gasteiger charge is -2.14. The summed E-state index contributed by atoms with van der Waals surface area (Å²) >= 11 is 9.84. The third-order valence-corrected chi connectivity index (χ3v) is 6.65. The molecule has 184 valence electrons. The Kier molecular flexibility index (Phi) is 7.35. The van der Waals surface area contributed by atoms with E-state index in [1.807, 2.05) is 78.9 Å². The van der Waals surface area contributed by atoms with Gasteiger partial charge in [-0.05, 0) is 51.8 Å². The molecule has 0 aliphatic heterocycles. The van der Waals surface area contributed by atoms with Gasteiger partial charge >= 0.3 is 0 Å². The molecule has 5 rings (SSSR count). The molecule has 8 heteroatoms. The molecule has 1 aromatic heterocycles. The monoisotopic (exact) mass is 573 g/mol. The van der Waals surface area contributed by atoms with Crippen molar-refractivity contribution in [3.63, 3.8) is 0 Å². The fraction of sp³-hybridized carbons (Fsp3) is 0.0690. The van der Waals surface area contributed by atoms with E-state index in [9.17, 15) is 4.79 Å². The molecule has 1 heterocycles. The average molecular weight is 575 g/mol. The van der Waals surface area contributed by atoms with Crippen molar-refractivity contribution in [2.75, 3.05) is 7.11 Å². The third kappa shape index (κ3) is 5.28. The fourth-order valence-corrected chi connectivity index (χ4v) is 4.61. The maximum absolute atomic E-state index is 13.4. The Morgan fingerprint density at radius 2 is 1.73 bits per heavy atom. The topological polar surface area (TPSA) is 65.7 Å². The third-order valence-electron chi connectivity index (χ3n) is 5.69. The van der Waals surface area contributed by atoms with Crippen molar-refractivity contribution in [3.8, 4) is 22.9 Å². The van der Waals surface area contributed by atoms with Crippen LogP contribution in [0, 0.1) is 0 Å². The zero-order valence-electron chi connectivity index (χ0n) is 19.8. The van der Waals surface area contributed by atoms with Gasteiger partial charge in [-0.3, -0.25) is 4.79 Å². The van der Waals surface area contributed by atoms with Gasteiger partial charge in [0.05, 0.1) is 28.7 Å². The molecular weight excluding hydrogens is 554 g/mol. The Balaban J connectivity index is 1.52. The number of nitrogens with zero attached hydrogens (tertiary/aromatic N) is 3. The fourth-order valence-electron chi connectivity index (χ4n) is 3.85. The zero-order valence-corrected chi connectivity index (χ0v) is 22.1. The van der Waals surface area contributed by atoms with Gasteiger partial charge in [0.1, 0.15) is 6.61 Å². The highest BCUT2D eigenvalue weighted by atomic mass is 79.9. The summed E-state index contributed by atoms with van der Waals surface area (Å²) in [4.78, 5) is 18.1. The smallest absolute Gasteiger partial charge is 0.282 e. The number of rotatable bonds is 7. The van der Waals surface area contributed by atoms with Crippen LogP contribution in [0.5, 0.6) is 11.5 Å². The van der Waals surface area contributed by atoms with E-state index in [2.05, 4.69) is 21.0 Å². The highest BCUT2D eigenvalue weighted by Gasteiger charge is 2.14. The minimum absolute atomic E-state index is 0.258. The molecule has 0 bridgehead atoms. The summed E-state index contributed by atoms with van der Waals surface area (Å²) in [5, 5.41) is 5.65. The van der Waals surface area contributed by atoms with E-state index < -0.39 is 0 Å². The molecule has 0 aliphatic rings. The maximum Gasteiger partial charge on any atom is 0.282 e. The number of fused-ring (bicyclic) bond motifs is 1. The van der Waals surface area contributed by atoms with Gasteiger partial charge in [-0.2, -0.15) is 9.78 Å². The second kappa shape index (κ2) is 11.0. The molecule has 0 atom stereocenters. The minimum atomic E-state index is -0.258. The van der Waals surface area contributed by atoms with Gasteiger partial charge in [0, 0.05) is 16.1 Å². The Morgan fingerprint density at radius 1 is 1.00 bits per heavy atom. The molecule has 0 spiro atoms. The van der Waals surface area contributed by atoms with Gasteiger partial charge in [0.15, 0.2) is 17.3 Å². The summed E-state index contributed by atoms with van der Waals surface area (Å²) in [5.74, 6) is 1.50. The quantitative estimate of drug-likeness (QED) is 0.197. The second-order valence-electron chi connectivity index (χ2n) is 8.09. The Morgan fingerprint density at radius 3 is 2.51 bits per heavy atom. The van der Waals surface area contributed by atoms with Crippen LogP contribution in [0.4, 0.5) is 0 Å². The maximum atomic E-state index is 13.4. The molecule has 0 saturated heterocycles. The van der Waals surface area contributed by atoms with Crippen molar-refractivity contribution >= 4 is 44.6 Å². The van der Waals surface area contributed by atoms with Crippen LogP contribution in [0.1, 0.15) is 11.1 Å². The molecule has 0 unspecified atom stereocenters. The number of benzene rings is 4. The molecule has 37 heavy (non-hydrogen) atoms. The van der Waals surface area contributed by atoms with E-state index in [4.69, 9.17) is 26.1 Å². The standard InChI is InChI=1S/C29H21BrClN3O3/c1-36-26-16-19(15-23(30)27(26)37-18-21-11-5-7-13-24(21)31)17-32-34-28(20-9-3-2-4-10-20)33-25-14-8-6-12-22(25)29(34)35/h2-17H,18H2,1H3. The van der Waals surface area contributed by atoms with Crippen LogP contribution in [0.25, 0.3) is 22.3 Å². The summed E-state index contributed by atoms with van der Waals surface area (Å²) in [7, 11) is 1.57. The number of hydrogen-bond donors (Lipinski definition) is 0. The van der Waals surface area contributed by atoms with Gasteiger partial charge in [0.2, 0.25) is 0 Å². The van der Waals surface area contributed by atoms with Gasteiger partial charge in [-0.1, -0.05) is 72.3 Å². The molecule has 0 amide bonds. The molecule has 4 aromatic carbocycles. The van der Waals surface area contributed by atoms with Crippen molar-refractivity contribution in [2.45, 2.75) is 6.61 Å². The first kappa shape index (κ1) is 24.7. The normalized spacial score (nSPS) is 11.2. The minimum Gasteiger partial charge on any atom is -0.493 e. The van der Waals surface area contributed by atoms with E-state index in [1.54, 1.807) is 25.5 Å². The molecule has 0 radical (unpaired) electrons. The summed E-state index contributed by atoms with van der Waals surface area (Å²) in [6.45, 7) is 0.278. The molecule has 0 fully saturated rings. The van der Waals surface area contributed by atoms with Crippen molar-refractivity contribution < 1.29 is 9.47 Å². The van der Waals surface area contributed by atoms with E-state index in [0.29, 0.717) is 43.3 Å². The lowest BCUT2D eigenvalue weighted by molar-refractivity contribution is 0.282. The highest BCUT2D eigenvalue weighted by Crippen LogP contribution is 2.37. The lowest BCUT2D eigenvalue weighted by atomic mass is 10.2. The van der Waals surface area contributed by atoms with Gasteiger partial charge < -0.3 is 9.47 Å². The van der Waals surface area contributed by atoms with Crippen LogP contribution in [0.15, 0.2) is 105 Å². The molecule has 0 saturated carbocycles. The predicted molar refractivity (Wildman–Crippen MR) is 151 cm³/mol. The highest BCUT2D eigenvalue weighted by molar-refractivity contribution is 9.10. The molecule has 5 aromatic rings. The Labute approximate surface area is 226 Å². The molecular formula is C29H21BrClN3O3. The van der Waals surface area contributed by atoms with Crippen molar-refractivity contribution in [3.05, 3.63) is 122 Å². The first-order valence-electron chi connectivity index (χ1n) is 11.4. The van der Waals surface area contributed by atoms with Crippen LogP contribution in [0.3, 0.4) is 0 Å². The van der Waals surface area contributed by atoms with Crippen molar-refractivity contribution in [1.29, 1.82) is 0 Å². The van der Waals surface area contributed by atoms with E-state index >= 15 is 0 Å². The van der Waals surface area contributed by atoms with Crippen LogP contribution in [-0.4, -0.2) is 23.0 Å². The van der Waals surface area contributed by atoms with Crippen LogP contribution < -0.4 is 15.0 Å². The van der Waals surface area contributed by atoms with Gasteiger partial charge in [-0.25, -0.2) is 4.98 Å². The van der Waals surface area contributed by atoms with E-state index in [0.717, 1.165) is 11.1 Å². The second-order valence-corrected chi connectivity index (χ2v) is 9.36. The van der Waals surface area contributed by atoms with E-state index in [1.165, 1.54) is 4.68 Å². The van der Waals surface area contributed by atoms with Crippen LogP contribution in [0.2, 0.25) is 5.02 Å². The number of ether oxygens (including phenoxy) is 2. The zero-order chi connectivity index (χ0) is 25.8. The molecule has 6 nitrogen and oxygen atoms in total. The van der Waals surface area contributed by atoms with Crippen molar-refractivity contribution in [1.82, 2.24) is 9.66 Å². The summed E-state index contributed by atoms with van der Waals surface area (Å²) in [5.41, 5.74) is 2.70. The van der Waals surface area contributed by atoms with Crippen molar-refractivity contribution in [2.24, 2.45) is 5.10 Å². The lowest BCUT2D eigenvalue weighted by Crippen LogP contribution is -2.20. The Hall–Kier alpha value is -3.94. The first-order chi connectivity index (χ1) is 18.0. The average Bonchev–Trinajstić information content (AvgIpc) is 2.93. The molecule has 0 N–H and O–H groups in total. The molecule has 0 aliphatic carbocycles. The van der Waals surface area contributed by atoms with Crippen LogP contribution >= 0.6 is 27.5 Å². The van der Waals surface area contributed by atoms with Gasteiger partial charge in [-0.15, -0.1) is 0 Å². The number of para-hydroxylation sites is 1. The largest absolute Gasteiger partial charge is 0.493 e. The summed E-state index contributed by atoms with van der Waals surface area (Å²) < 4.78 is 13.6. The summed E-state index contributed by atoms with van der Waals surface area (Å²) in [6.07, 6.45) is 1.59. The summed E-state index contributed by atoms with van der Waals surface area (Å²) in [6, 6.07) is 27.9. The van der Waals surface area contributed by atoms with Crippen LogP contribution in [-0.2, 0) is 6.61 Å². The van der Waals surface area contributed by atoms with E-state index in [-0.39, 0.29) is 12.2 Å². The number of methoxy groups -OCH3 is 1. The Bertz CT molecular complexity index is 1670. The predicted octanol–water partition coefficient (Wildman–Crippen LogP) is 6.95. The number of halogens is 2. The SMILES string of the molecule is COc1cc(C=Nn2c(-c3ccccc3)nc3ccccc3c2=O)cc(Br)c1OCc1ccccc1Cl.